The van der Waals surface area contributed by atoms with Gasteiger partial charge in [-0.25, -0.2) is 13.4 Å². The zero-order valence-corrected chi connectivity index (χ0v) is 25.2. The molecule has 0 fully saturated rings. The minimum atomic E-state index is -3.75. The summed E-state index contributed by atoms with van der Waals surface area (Å²) >= 11 is 0. The number of rotatable bonds is 8. The van der Waals surface area contributed by atoms with Crippen molar-refractivity contribution < 1.29 is 17.9 Å². The van der Waals surface area contributed by atoms with Crippen molar-refractivity contribution in [2.45, 2.75) is 18.4 Å². The molecule has 1 unspecified atom stereocenters. The van der Waals surface area contributed by atoms with Crippen molar-refractivity contribution in [1.29, 1.82) is 0 Å². The molecule has 6 aromatic rings. The Kier molecular flexibility index (Phi) is 7.26. The quantitative estimate of drug-likeness (QED) is 0.205. The number of benzene rings is 3. The number of fused-ring (bicyclic) bond motifs is 3. The van der Waals surface area contributed by atoms with Gasteiger partial charge in [-0.15, -0.1) is 0 Å². The number of H-pyrrole nitrogens is 1. The Labute approximate surface area is 260 Å². The number of amides is 1. The number of pyridine rings is 2. The summed E-state index contributed by atoms with van der Waals surface area (Å²) in [4.78, 5) is 25.2. The first-order valence-electron chi connectivity index (χ1n) is 14.5. The Balaban J connectivity index is 1.30. The number of ether oxygens (including phenoxy) is 1. The average molecular weight is 616 g/mol. The molecule has 10 heteroatoms. The van der Waals surface area contributed by atoms with Crippen LogP contribution in [0.25, 0.3) is 44.2 Å². The molecule has 45 heavy (non-hydrogen) atoms. The molecule has 7 rings (SSSR count). The molecule has 0 radical (unpaired) electrons. The SMILES string of the molecule is CN(c1ccc2[nH]c3ncc(-c4ccc(C(=O)NCc5cccnc5)cc4)c(-c4ccccc4)c3c2c1)S(=O)(=O)C1CC=CO1. The van der Waals surface area contributed by atoms with Gasteiger partial charge in [0.05, 0.1) is 11.9 Å². The number of carbonyl (C=O) groups excluding carboxylic acids is 1. The summed E-state index contributed by atoms with van der Waals surface area (Å²) in [6.45, 7) is 0.386. The Bertz CT molecular complexity index is 2160. The highest BCUT2D eigenvalue weighted by atomic mass is 32.2. The number of aromatic nitrogens is 3. The van der Waals surface area contributed by atoms with Crippen molar-refractivity contribution in [2.75, 3.05) is 11.4 Å². The van der Waals surface area contributed by atoms with Crippen LogP contribution in [0.5, 0.6) is 0 Å². The van der Waals surface area contributed by atoms with E-state index in [9.17, 15) is 13.2 Å². The fourth-order valence-corrected chi connectivity index (χ4v) is 6.95. The first-order chi connectivity index (χ1) is 21.9. The fourth-order valence-electron chi connectivity index (χ4n) is 5.63. The van der Waals surface area contributed by atoms with E-state index >= 15 is 0 Å². The van der Waals surface area contributed by atoms with Crippen LogP contribution in [-0.2, 0) is 21.3 Å². The maximum Gasteiger partial charge on any atom is 0.273 e. The van der Waals surface area contributed by atoms with Gasteiger partial charge in [0.2, 0.25) is 5.44 Å². The van der Waals surface area contributed by atoms with E-state index in [4.69, 9.17) is 9.72 Å². The minimum Gasteiger partial charge on any atom is -0.480 e. The number of nitrogens with one attached hydrogen (secondary N) is 2. The van der Waals surface area contributed by atoms with Crippen molar-refractivity contribution in [2.24, 2.45) is 0 Å². The van der Waals surface area contributed by atoms with Gasteiger partial charge in [0.1, 0.15) is 5.65 Å². The predicted octanol–water partition coefficient (Wildman–Crippen LogP) is 6.40. The number of hydrogen-bond acceptors (Lipinski definition) is 6. The Morgan fingerprint density at radius 3 is 2.56 bits per heavy atom. The molecule has 1 aliphatic rings. The number of carbonyl (C=O) groups is 1. The van der Waals surface area contributed by atoms with E-state index < -0.39 is 15.5 Å². The Morgan fingerprint density at radius 1 is 1.00 bits per heavy atom. The first kappa shape index (κ1) is 28.3. The molecule has 3 aromatic heterocycles. The van der Waals surface area contributed by atoms with Gasteiger partial charge >= 0.3 is 0 Å². The van der Waals surface area contributed by atoms with Crippen LogP contribution in [-0.4, -0.2) is 41.8 Å². The van der Waals surface area contributed by atoms with Crippen molar-refractivity contribution >= 4 is 43.6 Å². The van der Waals surface area contributed by atoms with Crippen LogP contribution in [0, 0.1) is 0 Å². The molecular weight excluding hydrogens is 586 g/mol. The van der Waals surface area contributed by atoms with E-state index in [1.165, 1.54) is 10.6 Å². The van der Waals surface area contributed by atoms with Crippen molar-refractivity contribution in [3.63, 3.8) is 0 Å². The molecular formula is C35H29N5O4S. The average Bonchev–Trinajstić information content (AvgIpc) is 3.76. The summed E-state index contributed by atoms with van der Waals surface area (Å²) in [5.74, 6) is -0.177. The molecule has 0 spiro atoms. The zero-order valence-electron chi connectivity index (χ0n) is 24.3. The van der Waals surface area contributed by atoms with Crippen LogP contribution in [0.2, 0.25) is 0 Å². The van der Waals surface area contributed by atoms with Crippen LogP contribution in [0.1, 0.15) is 22.3 Å². The van der Waals surface area contributed by atoms with Gasteiger partial charge < -0.3 is 15.0 Å². The molecule has 3 aromatic carbocycles. The van der Waals surface area contributed by atoms with Gasteiger partial charge in [0, 0.05) is 71.6 Å². The number of sulfonamides is 1. The monoisotopic (exact) mass is 615 g/mol. The van der Waals surface area contributed by atoms with Gasteiger partial charge in [-0.2, -0.15) is 0 Å². The van der Waals surface area contributed by atoms with Crippen molar-refractivity contribution in [3.05, 3.63) is 127 Å². The first-order valence-corrected chi connectivity index (χ1v) is 16.0. The maximum atomic E-state index is 13.3. The van der Waals surface area contributed by atoms with Crippen LogP contribution < -0.4 is 9.62 Å². The summed E-state index contributed by atoms with van der Waals surface area (Å²) in [6.07, 6.45) is 8.70. The molecule has 1 atom stereocenters. The van der Waals surface area contributed by atoms with Gasteiger partial charge in [0.15, 0.2) is 0 Å². The van der Waals surface area contributed by atoms with E-state index in [-0.39, 0.29) is 5.91 Å². The molecule has 224 valence electrons. The normalized spacial score (nSPS) is 14.5. The van der Waals surface area contributed by atoms with Gasteiger partial charge in [-0.1, -0.05) is 48.5 Å². The molecule has 1 aliphatic heterocycles. The van der Waals surface area contributed by atoms with E-state index in [0.717, 1.165) is 44.1 Å². The number of aromatic amines is 1. The lowest BCUT2D eigenvalue weighted by atomic mass is 9.92. The Morgan fingerprint density at radius 2 is 1.82 bits per heavy atom. The lowest BCUT2D eigenvalue weighted by Crippen LogP contribution is -2.35. The Hall–Kier alpha value is -5.48. The molecule has 0 bridgehead atoms. The second-order valence-electron chi connectivity index (χ2n) is 10.8. The number of nitrogens with zero attached hydrogens (tertiary/aromatic N) is 3. The van der Waals surface area contributed by atoms with Gasteiger partial charge in [-0.3, -0.25) is 14.1 Å². The third-order valence-corrected chi connectivity index (χ3v) is 9.98. The smallest absolute Gasteiger partial charge is 0.273 e. The second-order valence-corrected chi connectivity index (χ2v) is 12.9. The van der Waals surface area contributed by atoms with E-state index in [0.29, 0.717) is 29.9 Å². The lowest BCUT2D eigenvalue weighted by Gasteiger charge is -2.23. The number of hydrogen-bond donors (Lipinski definition) is 2. The summed E-state index contributed by atoms with van der Waals surface area (Å²) in [5, 5.41) is 4.66. The third-order valence-electron chi connectivity index (χ3n) is 8.03. The topological polar surface area (TPSA) is 117 Å². The fraction of sp³-hybridized carbons (Fsp3) is 0.114. The molecule has 4 heterocycles. The van der Waals surface area contributed by atoms with E-state index in [2.05, 4.69) is 15.3 Å². The zero-order chi connectivity index (χ0) is 31.0. The highest BCUT2D eigenvalue weighted by molar-refractivity contribution is 7.93. The van der Waals surface area contributed by atoms with Crippen molar-refractivity contribution in [1.82, 2.24) is 20.3 Å². The summed E-state index contributed by atoms with van der Waals surface area (Å²) in [5.41, 5.74) is 6.26. The van der Waals surface area contributed by atoms with Gasteiger partial charge in [0.25, 0.3) is 15.9 Å². The molecule has 0 saturated carbocycles. The summed E-state index contributed by atoms with van der Waals surface area (Å²) < 4.78 is 33.2. The van der Waals surface area contributed by atoms with Crippen LogP contribution in [0.4, 0.5) is 5.69 Å². The summed E-state index contributed by atoms with van der Waals surface area (Å²) in [6, 6.07) is 26.8. The van der Waals surface area contributed by atoms with E-state index in [1.54, 1.807) is 43.7 Å². The molecule has 0 saturated heterocycles. The van der Waals surface area contributed by atoms with E-state index in [1.807, 2.05) is 72.9 Å². The standard InChI is InChI=1S/C35H29N5O4S/c1-40(45(42,43)31-10-6-18-44-31)27-15-16-30-28(19-27)33-32(25-8-3-2-4-9-25)29(22-37-34(33)39-30)24-11-13-26(14-12-24)35(41)38-21-23-7-5-17-36-20-23/h2-9,11-20,22,31H,10,21H2,1H3,(H,37,39)(H,38,41). The summed E-state index contributed by atoms with van der Waals surface area (Å²) in [7, 11) is -2.21. The molecule has 0 aliphatic carbocycles. The maximum absolute atomic E-state index is 13.3. The molecule has 1 amide bonds. The highest BCUT2D eigenvalue weighted by Gasteiger charge is 2.32. The molecule has 9 nitrogen and oxygen atoms in total. The predicted molar refractivity (Wildman–Crippen MR) is 176 cm³/mol. The van der Waals surface area contributed by atoms with Crippen LogP contribution in [0.15, 0.2) is 116 Å². The number of anilines is 1. The minimum absolute atomic E-state index is 0.177. The van der Waals surface area contributed by atoms with Gasteiger partial charge in [-0.05, 0) is 59.2 Å². The lowest BCUT2D eigenvalue weighted by molar-refractivity contribution is 0.0951. The van der Waals surface area contributed by atoms with Crippen molar-refractivity contribution in [3.8, 4) is 22.3 Å². The second kappa shape index (κ2) is 11.5. The molecule has 2 N–H and O–H groups in total. The largest absolute Gasteiger partial charge is 0.480 e. The van der Waals surface area contributed by atoms with Crippen LogP contribution >= 0.6 is 0 Å². The highest BCUT2D eigenvalue weighted by Crippen LogP contribution is 2.41. The van der Waals surface area contributed by atoms with Crippen LogP contribution in [0.3, 0.4) is 0 Å². The third kappa shape index (κ3) is 5.29.